The fraction of sp³-hybridized carbons (Fsp3) is 0.636. The summed E-state index contributed by atoms with van der Waals surface area (Å²) in [7, 11) is 0. The average Bonchev–Trinajstić information content (AvgIpc) is 2.83. The Morgan fingerprint density at radius 1 is 1.75 bits per heavy atom. The Balaban J connectivity index is 1.79. The van der Waals surface area contributed by atoms with Crippen molar-refractivity contribution in [3.63, 3.8) is 0 Å². The minimum Gasteiger partial charge on any atom is -0.458 e. The Morgan fingerprint density at radius 2 is 2.56 bits per heavy atom. The summed E-state index contributed by atoms with van der Waals surface area (Å²) in [6.45, 7) is 4.42. The lowest BCUT2D eigenvalue weighted by Crippen LogP contribution is -2.24. The van der Waals surface area contributed by atoms with Gasteiger partial charge in [0.05, 0.1) is 17.2 Å². The zero-order valence-corrected chi connectivity index (χ0v) is 10.3. The fourth-order valence-electron chi connectivity index (χ4n) is 1.75. The van der Waals surface area contributed by atoms with Crippen LogP contribution in [0.2, 0.25) is 0 Å². The molecule has 2 heterocycles. The van der Waals surface area contributed by atoms with Crippen LogP contribution in [0.1, 0.15) is 37.2 Å². The maximum Gasteiger partial charge on any atom is 0.357 e. The molecule has 0 aliphatic carbocycles. The molecule has 88 valence electrons. The van der Waals surface area contributed by atoms with Gasteiger partial charge < -0.3 is 9.47 Å². The van der Waals surface area contributed by atoms with Crippen molar-refractivity contribution in [2.75, 3.05) is 6.61 Å². The number of rotatable bonds is 3. The minimum absolute atomic E-state index is 0.0255. The van der Waals surface area contributed by atoms with Crippen LogP contribution in [0.5, 0.6) is 0 Å². The first kappa shape index (κ1) is 11.5. The summed E-state index contributed by atoms with van der Waals surface area (Å²) in [5.41, 5.74) is 1.91. The van der Waals surface area contributed by atoms with Gasteiger partial charge in [-0.15, -0.1) is 11.3 Å². The highest BCUT2D eigenvalue weighted by Crippen LogP contribution is 2.29. The van der Waals surface area contributed by atoms with E-state index in [1.807, 2.05) is 0 Å². The zero-order chi connectivity index (χ0) is 11.6. The molecule has 0 aromatic carbocycles. The third-order valence-corrected chi connectivity index (χ3v) is 3.18. The Morgan fingerprint density at radius 3 is 3.12 bits per heavy atom. The second kappa shape index (κ2) is 4.51. The molecular formula is C11H15NO3S. The van der Waals surface area contributed by atoms with Gasteiger partial charge in [0.25, 0.3) is 0 Å². The topological polar surface area (TPSA) is 48.4 Å². The van der Waals surface area contributed by atoms with E-state index in [-0.39, 0.29) is 17.7 Å². The van der Waals surface area contributed by atoms with Crippen LogP contribution in [0.25, 0.3) is 0 Å². The maximum absolute atomic E-state index is 11.5. The van der Waals surface area contributed by atoms with Gasteiger partial charge in [0.1, 0.15) is 6.61 Å². The quantitative estimate of drug-likeness (QED) is 0.762. The molecule has 1 aliphatic heterocycles. The molecule has 0 N–H and O–H groups in total. The lowest BCUT2D eigenvalue weighted by Gasteiger charge is -2.18. The Kier molecular flexibility index (Phi) is 3.25. The SMILES string of the molecule is CC1(C)CC[C@@H](COC(=O)c2cscn2)O1. The van der Waals surface area contributed by atoms with Gasteiger partial charge in [-0.05, 0) is 26.7 Å². The lowest BCUT2D eigenvalue weighted by molar-refractivity contribution is -0.0446. The third kappa shape index (κ3) is 2.80. The van der Waals surface area contributed by atoms with Crippen molar-refractivity contribution in [3.8, 4) is 0 Å². The first-order chi connectivity index (χ1) is 7.57. The van der Waals surface area contributed by atoms with Gasteiger partial charge in [0.15, 0.2) is 5.69 Å². The minimum atomic E-state index is -0.366. The number of hydrogen-bond acceptors (Lipinski definition) is 5. The van der Waals surface area contributed by atoms with E-state index in [9.17, 15) is 4.79 Å². The zero-order valence-electron chi connectivity index (χ0n) is 9.43. The van der Waals surface area contributed by atoms with Crippen LogP contribution in [0.3, 0.4) is 0 Å². The molecule has 0 radical (unpaired) electrons. The van der Waals surface area contributed by atoms with Crippen molar-refractivity contribution in [3.05, 3.63) is 16.6 Å². The smallest absolute Gasteiger partial charge is 0.357 e. The third-order valence-electron chi connectivity index (χ3n) is 2.60. The largest absolute Gasteiger partial charge is 0.458 e. The van der Waals surface area contributed by atoms with Crippen molar-refractivity contribution >= 4 is 17.3 Å². The first-order valence-electron chi connectivity index (χ1n) is 5.30. The predicted molar refractivity (Wildman–Crippen MR) is 60.6 cm³/mol. The first-order valence-corrected chi connectivity index (χ1v) is 6.24. The number of ether oxygens (including phenoxy) is 2. The second-order valence-corrected chi connectivity index (χ2v) is 5.23. The second-order valence-electron chi connectivity index (χ2n) is 4.51. The van der Waals surface area contributed by atoms with Crippen molar-refractivity contribution < 1.29 is 14.3 Å². The number of nitrogens with zero attached hydrogens (tertiary/aromatic N) is 1. The van der Waals surface area contributed by atoms with Gasteiger partial charge >= 0.3 is 5.97 Å². The summed E-state index contributed by atoms with van der Waals surface area (Å²) >= 11 is 1.38. The molecule has 0 bridgehead atoms. The van der Waals surface area contributed by atoms with E-state index in [1.165, 1.54) is 11.3 Å². The number of esters is 1. The predicted octanol–water partition coefficient (Wildman–Crippen LogP) is 2.26. The highest BCUT2D eigenvalue weighted by atomic mass is 32.1. The van der Waals surface area contributed by atoms with Gasteiger partial charge in [-0.25, -0.2) is 9.78 Å². The Bertz CT molecular complexity index is 361. The summed E-state index contributed by atoms with van der Waals surface area (Å²) in [4.78, 5) is 15.4. The molecule has 16 heavy (non-hydrogen) atoms. The molecule has 0 saturated carbocycles. The van der Waals surface area contributed by atoms with E-state index in [1.54, 1.807) is 10.9 Å². The molecular weight excluding hydrogens is 226 g/mol. The summed E-state index contributed by atoms with van der Waals surface area (Å²) < 4.78 is 10.9. The molecule has 5 heteroatoms. The summed E-state index contributed by atoms with van der Waals surface area (Å²) in [6.07, 6.45) is 1.97. The van der Waals surface area contributed by atoms with Gasteiger partial charge in [0.2, 0.25) is 0 Å². The normalized spacial score (nSPS) is 23.2. The lowest BCUT2D eigenvalue weighted by atomic mass is 10.1. The Labute approximate surface area is 98.6 Å². The standard InChI is InChI=1S/C11H15NO3S/c1-11(2)4-3-8(15-11)5-14-10(13)9-6-16-7-12-9/h6-8H,3-5H2,1-2H3/t8-/m0/s1. The fourth-order valence-corrected chi connectivity index (χ4v) is 2.27. The number of carbonyl (C=O) groups is 1. The maximum atomic E-state index is 11.5. The van der Waals surface area contributed by atoms with E-state index >= 15 is 0 Å². The molecule has 0 unspecified atom stereocenters. The molecule has 0 spiro atoms. The summed E-state index contributed by atoms with van der Waals surface area (Å²) in [5, 5.41) is 1.68. The van der Waals surface area contributed by atoms with Crippen molar-refractivity contribution in [1.29, 1.82) is 0 Å². The number of hydrogen-bond donors (Lipinski definition) is 0. The van der Waals surface area contributed by atoms with E-state index in [4.69, 9.17) is 9.47 Å². The van der Waals surface area contributed by atoms with Crippen LogP contribution >= 0.6 is 11.3 Å². The van der Waals surface area contributed by atoms with Crippen molar-refractivity contribution in [2.45, 2.75) is 38.4 Å². The van der Waals surface area contributed by atoms with Crippen LogP contribution in [-0.4, -0.2) is 29.3 Å². The van der Waals surface area contributed by atoms with E-state index in [0.29, 0.717) is 12.3 Å². The van der Waals surface area contributed by atoms with Gasteiger partial charge in [0, 0.05) is 5.38 Å². The van der Waals surface area contributed by atoms with Crippen LogP contribution in [0, 0.1) is 0 Å². The number of thiazole rings is 1. The molecule has 2 rings (SSSR count). The average molecular weight is 241 g/mol. The van der Waals surface area contributed by atoms with Crippen LogP contribution in [0.15, 0.2) is 10.9 Å². The molecule has 1 fully saturated rings. The molecule has 1 aromatic rings. The summed E-state index contributed by atoms with van der Waals surface area (Å²) in [5.74, 6) is -0.366. The summed E-state index contributed by atoms with van der Waals surface area (Å²) in [6, 6.07) is 0. The number of carbonyl (C=O) groups excluding carboxylic acids is 1. The van der Waals surface area contributed by atoms with Crippen LogP contribution in [-0.2, 0) is 9.47 Å². The number of aromatic nitrogens is 1. The van der Waals surface area contributed by atoms with Crippen molar-refractivity contribution in [2.24, 2.45) is 0 Å². The molecule has 1 atom stereocenters. The highest BCUT2D eigenvalue weighted by Gasteiger charge is 2.32. The van der Waals surface area contributed by atoms with E-state index < -0.39 is 0 Å². The van der Waals surface area contributed by atoms with E-state index in [0.717, 1.165) is 12.8 Å². The molecule has 1 aliphatic rings. The van der Waals surface area contributed by atoms with Crippen LogP contribution in [0.4, 0.5) is 0 Å². The van der Waals surface area contributed by atoms with Gasteiger partial charge in [-0.1, -0.05) is 0 Å². The molecule has 4 nitrogen and oxygen atoms in total. The van der Waals surface area contributed by atoms with Gasteiger partial charge in [-0.2, -0.15) is 0 Å². The molecule has 0 amide bonds. The van der Waals surface area contributed by atoms with E-state index in [2.05, 4.69) is 18.8 Å². The Hall–Kier alpha value is -0.940. The van der Waals surface area contributed by atoms with Crippen LogP contribution < -0.4 is 0 Å². The van der Waals surface area contributed by atoms with Crippen molar-refractivity contribution in [1.82, 2.24) is 4.98 Å². The monoisotopic (exact) mass is 241 g/mol. The highest BCUT2D eigenvalue weighted by molar-refractivity contribution is 7.07. The molecule has 1 saturated heterocycles. The van der Waals surface area contributed by atoms with Gasteiger partial charge in [-0.3, -0.25) is 0 Å². The molecule has 1 aromatic heterocycles.